The zero-order chi connectivity index (χ0) is 27.1. The molecular formula is C29H32N3O5P. The van der Waals surface area contributed by atoms with Crippen molar-refractivity contribution in [1.29, 1.82) is 0 Å². The molecule has 0 atom stereocenters. The fraction of sp³-hybridized carbons (Fsp3) is 0.241. The summed E-state index contributed by atoms with van der Waals surface area (Å²) in [7, 11) is -3.55. The molecule has 1 aliphatic heterocycles. The van der Waals surface area contributed by atoms with Crippen LogP contribution in [-0.2, 0) is 29.6 Å². The van der Waals surface area contributed by atoms with Crippen molar-refractivity contribution in [2.45, 2.75) is 27.2 Å². The molecule has 3 aromatic carbocycles. The summed E-state index contributed by atoms with van der Waals surface area (Å²) in [6.07, 6.45) is 0.713. The fourth-order valence-electron chi connectivity index (χ4n) is 4.27. The predicted octanol–water partition coefficient (Wildman–Crippen LogP) is 5.19. The summed E-state index contributed by atoms with van der Waals surface area (Å²) in [5, 5.41) is 9.55. The molecule has 0 unspecified atom stereocenters. The number of rotatable bonds is 11. The van der Waals surface area contributed by atoms with Gasteiger partial charge in [0.25, 0.3) is 5.91 Å². The van der Waals surface area contributed by atoms with Gasteiger partial charge in [0.2, 0.25) is 5.91 Å². The Morgan fingerprint density at radius 3 is 2.26 bits per heavy atom. The van der Waals surface area contributed by atoms with E-state index >= 15 is 0 Å². The number of fused-ring (bicyclic) bond motifs is 1. The molecule has 3 aromatic rings. The summed E-state index contributed by atoms with van der Waals surface area (Å²) < 4.78 is 24.6. The van der Waals surface area contributed by atoms with Gasteiger partial charge in [-0.2, -0.15) is 0 Å². The largest absolute Gasteiger partial charge is 0.361 e. The molecule has 0 bridgehead atoms. The first kappa shape index (κ1) is 27.3. The van der Waals surface area contributed by atoms with Crippen LogP contribution >= 0.6 is 7.60 Å². The van der Waals surface area contributed by atoms with Crippen molar-refractivity contribution in [3.05, 3.63) is 89.5 Å². The minimum Gasteiger partial charge on any atom is -0.356 e. The summed E-state index contributed by atoms with van der Waals surface area (Å²) >= 11 is 0. The highest BCUT2D eigenvalue weighted by atomic mass is 31.2. The van der Waals surface area contributed by atoms with Crippen molar-refractivity contribution in [2.24, 2.45) is 0 Å². The molecule has 38 heavy (non-hydrogen) atoms. The highest BCUT2D eigenvalue weighted by molar-refractivity contribution is 7.62. The minimum absolute atomic E-state index is 0.0560. The molecule has 9 heteroatoms. The third-order valence-corrected chi connectivity index (χ3v) is 8.09. The van der Waals surface area contributed by atoms with Crippen LogP contribution in [0.15, 0.2) is 72.8 Å². The van der Waals surface area contributed by atoms with E-state index in [0.29, 0.717) is 40.8 Å². The van der Waals surface area contributed by atoms with Gasteiger partial charge in [0.1, 0.15) is 0 Å². The number of carbonyl (C=O) groups is 2. The van der Waals surface area contributed by atoms with Crippen molar-refractivity contribution in [3.8, 4) is 0 Å². The number of carbonyl (C=O) groups excluding carboxylic acids is 2. The number of anilines is 2. The van der Waals surface area contributed by atoms with Gasteiger partial charge >= 0.3 is 7.60 Å². The lowest BCUT2D eigenvalue weighted by Gasteiger charge is -2.18. The van der Waals surface area contributed by atoms with Gasteiger partial charge in [-0.15, -0.1) is 0 Å². The van der Waals surface area contributed by atoms with Gasteiger partial charge < -0.3 is 25.0 Å². The number of hydrogen-bond donors (Lipinski definition) is 3. The first-order chi connectivity index (χ1) is 18.3. The predicted molar refractivity (Wildman–Crippen MR) is 151 cm³/mol. The van der Waals surface area contributed by atoms with E-state index in [1.807, 2.05) is 54.6 Å². The molecule has 0 saturated heterocycles. The highest BCUT2D eigenvalue weighted by Crippen LogP contribution is 2.48. The van der Waals surface area contributed by atoms with Gasteiger partial charge in [0.15, 0.2) is 0 Å². The van der Waals surface area contributed by atoms with Crippen LogP contribution in [0.25, 0.3) is 11.3 Å². The van der Waals surface area contributed by atoms with E-state index in [1.54, 1.807) is 32.0 Å². The minimum atomic E-state index is -3.55. The SMILES string of the molecule is CCOP(=O)(OCC)c1ccc2c(c1)C(=C(Nc1ccc(CCNC(C)=O)cc1)c1ccccc1)C(=O)N2. The molecule has 0 spiro atoms. The van der Waals surface area contributed by atoms with Crippen LogP contribution in [-0.4, -0.2) is 31.6 Å². The van der Waals surface area contributed by atoms with Crippen LogP contribution in [0.4, 0.5) is 11.4 Å². The second kappa shape index (κ2) is 12.2. The smallest absolute Gasteiger partial charge is 0.356 e. The molecule has 0 fully saturated rings. The average molecular weight is 534 g/mol. The van der Waals surface area contributed by atoms with Gasteiger partial charge in [0, 0.05) is 30.4 Å². The lowest BCUT2D eigenvalue weighted by molar-refractivity contribution is -0.119. The van der Waals surface area contributed by atoms with Gasteiger partial charge in [-0.3, -0.25) is 14.2 Å². The van der Waals surface area contributed by atoms with Crippen LogP contribution in [0.5, 0.6) is 0 Å². The van der Waals surface area contributed by atoms with Crippen LogP contribution in [0, 0.1) is 0 Å². The second-order valence-corrected chi connectivity index (χ2v) is 10.7. The molecule has 0 aliphatic carbocycles. The Morgan fingerprint density at radius 2 is 1.63 bits per heavy atom. The Hall–Kier alpha value is -3.71. The van der Waals surface area contributed by atoms with E-state index < -0.39 is 7.60 Å². The van der Waals surface area contributed by atoms with E-state index in [-0.39, 0.29) is 25.0 Å². The maximum absolute atomic E-state index is 13.5. The third kappa shape index (κ3) is 6.22. The first-order valence-electron chi connectivity index (χ1n) is 12.6. The van der Waals surface area contributed by atoms with Crippen molar-refractivity contribution >= 4 is 47.4 Å². The number of benzene rings is 3. The Kier molecular flexibility index (Phi) is 8.79. The van der Waals surface area contributed by atoms with Gasteiger partial charge in [-0.1, -0.05) is 42.5 Å². The van der Waals surface area contributed by atoms with Crippen molar-refractivity contribution < 1.29 is 23.2 Å². The molecule has 2 amide bonds. The lowest BCUT2D eigenvalue weighted by atomic mass is 10.00. The average Bonchev–Trinajstić information content (AvgIpc) is 3.23. The van der Waals surface area contributed by atoms with Crippen LogP contribution in [0.2, 0.25) is 0 Å². The highest BCUT2D eigenvalue weighted by Gasteiger charge is 2.33. The standard InChI is InChI=1S/C29H32N3O5P/c1-4-36-38(35,37-5-2)24-15-16-26-25(19-24)27(29(34)32-26)28(22-9-7-6-8-10-22)31-23-13-11-21(12-14-23)17-18-30-20(3)33/h6-16,19,31H,4-5,17-18H2,1-3H3,(H,30,33)(H,32,34). The molecule has 4 rings (SSSR count). The van der Waals surface area contributed by atoms with Crippen molar-refractivity contribution in [2.75, 3.05) is 30.4 Å². The molecular weight excluding hydrogens is 501 g/mol. The lowest BCUT2D eigenvalue weighted by Crippen LogP contribution is -2.22. The Balaban J connectivity index is 1.75. The first-order valence-corrected chi connectivity index (χ1v) is 14.1. The maximum atomic E-state index is 13.5. The number of hydrogen-bond acceptors (Lipinski definition) is 6. The van der Waals surface area contributed by atoms with Gasteiger partial charge in [-0.05, 0) is 61.7 Å². The second-order valence-electron chi connectivity index (χ2n) is 8.69. The Labute approximate surface area is 223 Å². The van der Waals surface area contributed by atoms with Gasteiger partial charge in [-0.25, -0.2) is 0 Å². The molecule has 1 aliphatic rings. The molecule has 0 radical (unpaired) electrons. The van der Waals surface area contributed by atoms with Crippen molar-refractivity contribution in [3.63, 3.8) is 0 Å². The molecule has 8 nitrogen and oxygen atoms in total. The van der Waals surface area contributed by atoms with E-state index in [4.69, 9.17) is 9.05 Å². The summed E-state index contributed by atoms with van der Waals surface area (Å²) in [6.45, 7) is 6.04. The molecule has 198 valence electrons. The topological polar surface area (TPSA) is 106 Å². The van der Waals surface area contributed by atoms with Crippen LogP contribution in [0.1, 0.15) is 37.5 Å². The Bertz CT molecular complexity index is 1380. The number of nitrogens with one attached hydrogen (secondary N) is 3. The third-order valence-electron chi connectivity index (χ3n) is 5.99. The summed E-state index contributed by atoms with van der Waals surface area (Å²) in [5.74, 6) is -0.322. The molecule has 3 N–H and O–H groups in total. The van der Waals surface area contributed by atoms with Crippen molar-refractivity contribution in [1.82, 2.24) is 5.32 Å². The molecule has 1 heterocycles. The summed E-state index contributed by atoms with van der Waals surface area (Å²) in [4.78, 5) is 24.4. The zero-order valence-electron chi connectivity index (χ0n) is 21.7. The van der Waals surface area contributed by atoms with Crippen LogP contribution in [0.3, 0.4) is 0 Å². The van der Waals surface area contributed by atoms with E-state index in [1.165, 1.54) is 6.92 Å². The van der Waals surface area contributed by atoms with Crippen LogP contribution < -0.4 is 21.3 Å². The van der Waals surface area contributed by atoms with E-state index in [0.717, 1.165) is 16.8 Å². The van der Waals surface area contributed by atoms with Gasteiger partial charge in [0.05, 0.1) is 29.8 Å². The quantitative estimate of drug-likeness (QED) is 0.231. The normalized spacial score (nSPS) is 14.0. The van der Waals surface area contributed by atoms with E-state index in [2.05, 4.69) is 16.0 Å². The maximum Gasteiger partial charge on any atom is 0.361 e. The monoisotopic (exact) mass is 533 g/mol. The molecule has 0 saturated carbocycles. The number of amides is 2. The Morgan fingerprint density at radius 1 is 0.947 bits per heavy atom. The summed E-state index contributed by atoms with van der Waals surface area (Å²) in [6, 6.07) is 22.5. The zero-order valence-corrected chi connectivity index (χ0v) is 22.6. The summed E-state index contributed by atoms with van der Waals surface area (Å²) in [5.41, 5.74) is 4.99. The fourth-order valence-corrected chi connectivity index (χ4v) is 5.86. The molecule has 0 aromatic heterocycles. The van der Waals surface area contributed by atoms with E-state index in [9.17, 15) is 14.2 Å².